The van der Waals surface area contributed by atoms with E-state index < -0.39 is 23.4 Å². The molecule has 0 fully saturated rings. The molecule has 1 aromatic carbocycles. The molecule has 2 N–H and O–H groups in total. The first-order chi connectivity index (χ1) is 10.9. The van der Waals surface area contributed by atoms with Crippen LogP contribution in [0.5, 0.6) is 5.75 Å². The van der Waals surface area contributed by atoms with Gasteiger partial charge >= 0.3 is 5.97 Å². The predicted octanol–water partition coefficient (Wildman–Crippen LogP) is 2.39. The molecule has 2 aromatic rings. The van der Waals surface area contributed by atoms with Crippen molar-refractivity contribution < 1.29 is 23.0 Å². The lowest BCUT2D eigenvalue weighted by Gasteiger charge is -2.11. The molecule has 120 valence electrons. The molecule has 2 rings (SSSR count). The van der Waals surface area contributed by atoms with E-state index in [0.29, 0.717) is 0 Å². The van der Waals surface area contributed by atoms with E-state index in [1.165, 1.54) is 6.20 Å². The quantitative estimate of drug-likeness (QED) is 0.873. The molecule has 0 aliphatic heterocycles. The van der Waals surface area contributed by atoms with E-state index in [4.69, 9.17) is 15.7 Å². The van der Waals surface area contributed by atoms with Gasteiger partial charge in [0.25, 0.3) is 0 Å². The summed E-state index contributed by atoms with van der Waals surface area (Å²) in [5.74, 6) is -3.23. The number of nitrogens with zero attached hydrogens (tertiary/aromatic N) is 2. The van der Waals surface area contributed by atoms with Crippen LogP contribution < -0.4 is 10.5 Å². The third-order valence-electron chi connectivity index (χ3n) is 3.09. The van der Waals surface area contributed by atoms with Gasteiger partial charge in [0.1, 0.15) is 6.07 Å². The molecule has 23 heavy (non-hydrogen) atoms. The Bertz CT molecular complexity index is 786. The molecule has 0 saturated carbocycles. The number of hydrogen-bond acceptors (Lipinski definition) is 5. The first kappa shape index (κ1) is 16.3. The molecule has 8 heteroatoms. The van der Waals surface area contributed by atoms with Gasteiger partial charge in [-0.15, -0.1) is 0 Å². The van der Waals surface area contributed by atoms with Crippen LogP contribution >= 0.6 is 0 Å². The number of anilines is 1. The molecular weight excluding hydrogens is 308 g/mol. The van der Waals surface area contributed by atoms with E-state index in [1.807, 2.05) is 0 Å². The molecular formula is C15H13F2N3O3. The van der Waals surface area contributed by atoms with Crippen LogP contribution in [0.1, 0.15) is 23.0 Å². The van der Waals surface area contributed by atoms with Crippen LogP contribution in [-0.4, -0.2) is 24.3 Å². The largest absolute Gasteiger partial charge is 0.488 e. The smallest absolute Gasteiger partial charge is 0.357 e. The Labute approximate surface area is 130 Å². The molecule has 0 aliphatic rings. The number of hydrogen-bond donors (Lipinski definition) is 1. The van der Waals surface area contributed by atoms with Crippen LogP contribution in [0.2, 0.25) is 0 Å². The van der Waals surface area contributed by atoms with Crippen LogP contribution in [0.25, 0.3) is 5.69 Å². The molecule has 0 spiro atoms. The summed E-state index contributed by atoms with van der Waals surface area (Å²) >= 11 is 0. The highest BCUT2D eigenvalue weighted by Gasteiger charge is 2.23. The van der Waals surface area contributed by atoms with E-state index >= 15 is 0 Å². The summed E-state index contributed by atoms with van der Waals surface area (Å²) < 4.78 is 38.6. The zero-order valence-electron chi connectivity index (χ0n) is 12.4. The van der Waals surface area contributed by atoms with Crippen molar-refractivity contribution in [3.8, 4) is 17.5 Å². The van der Waals surface area contributed by atoms with Crippen LogP contribution in [0, 0.1) is 23.0 Å². The highest BCUT2D eigenvalue weighted by molar-refractivity contribution is 5.95. The minimum absolute atomic E-state index is 0.0138. The van der Waals surface area contributed by atoms with Crippen molar-refractivity contribution in [1.82, 2.24) is 4.57 Å². The third-order valence-corrected chi connectivity index (χ3v) is 3.09. The average molecular weight is 321 g/mol. The van der Waals surface area contributed by atoms with Gasteiger partial charge in [-0.05, 0) is 6.92 Å². The minimum Gasteiger partial charge on any atom is -0.488 e. The van der Waals surface area contributed by atoms with Crippen molar-refractivity contribution in [3.63, 3.8) is 0 Å². The number of carbonyl (C=O) groups excluding carboxylic acids is 1. The van der Waals surface area contributed by atoms with Crippen LogP contribution in [0.3, 0.4) is 0 Å². The summed E-state index contributed by atoms with van der Waals surface area (Å²) in [7, 11) is 1.13. The van der Waals surface area contributed by atoms with Gasteiger partial charge in [-0.2, -0.15) is 5.26 Å². The second-order valence-electron chi connectivity index (χ2n) is 4.45. The number of methoxy groups -OCH3 is 1. The second-order valence-corrected chi connectivity index (χ2v) is 4.45. The van der Waals surface area contributed by atoms with E-state index in [1.54, 1.807) is 13.0 Å². The maximum Gasteiger partial charge on any atom is 0.357 e. The molecule has 0 atom stereocenters. The molecule has 6 nitrogen and oxygen atoms in total. The molecule has 1 heterocycles. The number of esters is 1. The Balaban J connectivity index is 2.68. The maximum absolute atomic E-state index is 14.0. The fourth-order valence-corrected chi connectivity index (χ4v) is 2.09. The normalized spacial score (nSPS) is 10.2. The SMILES string of the molecule is CCOc1c(F)cc(-n2cc(C#N)c(N)c2C(=O)OC)cc1F. The average Bonchev–Trinajstić information content (AvgIpc) is 2.86. The molecule has 0 saturated heterocycles. The summed E-state index contributed by atoms with van der Waals surface area (Å²) in [5.41, 5.74) is 5.36. The molecule has 0 unspecified atom stereocenters. The third kappa shape index (κ3) is 2.81. The van der Waals surface area contributed by atoms with Gasteiger partial charge in [0.15, 0.2) is 23.1 Å². The van der Waals surface area contributed by atoms with Crippen LogP contribution in [0.15, 0.2) is 18.3 Å². The first-order valence-electron chi connectivity index (χ1n) is 6.56. The molecule has 0 aliphatic carbocycles. The monoisotopic (exact) mass is 321 g/mol. The Morgan fingerprint density at radius 1 is 1.39 bits per heavy atom. The number of nitrogens with two attached hydrogens (primary N) is 1. The predicted molar refractivity (Wildman–Crippen MR) is 77.3 cm³/mol. The Hall–Kier alpha value is -3.08. The molecule has 0 radical (unpaired) electrons. The van der Waals surface area contributed by atoms with Gasteiger partial charge < -0.3 is 19.8 Å². The highest BCUT2D eigenvalue weighted by Crippen LogP contribution is 2.29. The Morgan fingerprint density at radius 2 is 2.00 bits per heavy atom. The number of nitriles is 1. The fraction of sp³-hybridized carbons (Fsp3) is 0.200. The van der Waals surface area contributed by atoms with Crippen molar-refractivity contribution in [2.24, 2.45) is 0 Å². The minimum atomic E-state index is -0.941. The standard InChI is InChI=1S/C15H13F2N3O3/c1-3-23-14-10(16)4-9(5-11(14)17)20-7-8(6-18)12(19)13(20)15(21)22-2/h4-5,7H,3,19H2,1-2H3. The van der Waals surface area contributed by atoms with Crippen molar-refractivity contribution in [1.29, 1.82) is 5.26 Å². The number of halogens is 2. The van der Waals surface area contributed by atoms with Gasteiger partial charge in [0.05, 0.1) is 30.7 Å². The number of carbonyl (C=O) groups is 1. The lowest BCUT2D eigenvalue weighted by atomic mass is 10.2. The summed E-state index contributed by atoms with van der Waals surface area (Å²) in [5, 5.41) is 9.02. The summed E-state index contributed by atoms with van der Waals surface area (Å²) in [6, 6.07) is 3.75. The fourth-order valence-electron chi connectivity index (χ4n) is 2.09. The zero-order chi connectivity index (χ0) is 17.1. The topological polar surface area (TPSA) is 90.3 Å². The van der Waals surface area contributed by atoms with Gasteiger partial charge in [-0.1, -0.05) is 0 Å². The van der Waals surface area contributed by atoms with Gasteiger partial charge in [-0.3, -0.25) is 0 Å². The molecule has 0 bridgehead atoms. The Morgan fingerprint density at radius 3 is 2.48 bits per heavy atom. The van der Waals surface area contributed by atoms with E-state index in [0.717, 1.165) is 23.8 Å². The van der Waals surface area contributed by atoms with Gasteiger partial charge in [0.2, 0.25) is 0 Å². The second kappa shape index (κ2) is 6.36. The summed E-state index contributed by atoms with van der Waals surface area (Å²) in [6.07, 6.45) is 1.20. The number of ether oxygens (including phenoxy) is 2. The van der Waals surface area contributed by atoms with Gasteiger partial charge in [-0.25, -0.2) is 13.6 Å². The van der Waals surface area contributed by atoms with Gasteiger partial charge in [0, 0.05) is 18.3 Å². The zero-order valence-corrected chi connectivity index (χ0v) is 12.4. The van der Waals surface area contributed by atoms with Crippen LogP contribution in [0.4, 0.5) is 14.5 Å². The highest BCUT2D eigenvalue weighted by atomic mass is 19.1. The Kier molecular flexibility index (Phi) is 4.50. The number of benzene rings is 1. The van der Waals surface area contributed by atoms with E-state index in [-0.39, 0.29) is 29.2 Å². The van der Waals surface area contributed by atoms with Crippen molar-refractivity contribution in [2.45, 2.75) is 6.92 Å². The number of aromatic nitrogens is 1. The molecule has 1 aromatic heterocycles. The lowest BCUT2D eigenvalue weighted by molar-refractivity contribution is 0.0593. The van der Waals surface area contributed by atoms with E-state index in [9.17, 15) is 13.6 Å². The number of nitrogen functional groups attached to an aromatic ring is 1. The van der Waals surface area contributed by atoms with E-state index in [2.05, 4.69) is 4.74 Å². The summed E-state index contributed by atoms with van der Waals surface area (Å²) in [6.45, 7) is 1.68. The van der Waals surface area contributed by atoms with Crippen molar-refractivity contribution in [2.75, 3.05) is 19.5 Å². The first-order valence-corrected chi connectivity index (χ1v) is 6.56. The lowest BCUT2D eigenvalue weighted by Crippen LogP contribution is -2.11. The molecule has 0 amide bonds. The summed E-state index contributed by atoms with van der Waals surface area (Å²) in [4.78, 5) is 11.9. The van der Waals surface area contributed by atoms with Crippen molar-refractivity contribution in [3.05, 3.63) is 41.2 Å². The number of rotatable bonds is 4. The maximum atomic E-state index is 14.0. The van der Waals surface area contributed by atoms with Crippen molar-refractivity contribution >= 4 is 11.7 Å². The van der Waals surface area contributed by atoms with Crippen LogP contribution in [-0.2, 0) is 4.74 Å².